The number of amides is 1. The van der Waals surface area contributed by atoms with Crippen LogP contribution < -0.4 is 4.90 Å². The zero-order valence-electron chi connectivity index (χ0n) is 13.5. The number of hydrogen-bond donors (Lipinski definition) is 0. The van der Waals surface area contributed by atoms with E-state index >= 15 is 0 Å². The van der Waals surface area contributed by atoms with E-state index in [4.69, 9.17) is 11.6 Å². The van der Waals surface area contributed by atoms with Gasteiger partial charge in [-0.1, -0.05) is 36.4 Å². The molecule has 130 valence electrons. The van der Waals surface area contributed by atoms with Crippen molar-refractivity contribution in [1.29, 1.82) is 0 Å². The Morgan fingerprint density at radius 1 is 1.42 bits per heavy atom. The molecule has 8 heteroatoms. The number of carbonyl (C=O) groups is 1. The highest BCUT2D eigenvalue weighted by Crippen LogP contribution is 2.42. The van der Waals surface area contributed by atoms with Gasteiger partial charge in [0.15, 0.2) is 15.0 Å². The maximum absolute atomic E-state index is 12.0. The van der Waals surface area contributed by atoms with Crippen molar-refractivity contribution < 1.29 is 13.2 Å². The summed E-state index contributed by atoms with van der Waals surface area (Å²) in [6.45, 7) is 3.82. The fourth-order valence-electron chi connectivity index (χ4n) is 3.08. The van der Waals surface area contributed by atoms with Gasteiger partial charge >= 0.3 is 0 Å². The van der Waals surface area contributed by atoms with Crippen LogP contribution in [0.2, 0.25) is 5.02 Å². The third-order valence-corrected chi connectivity index (χ3v) is 7.87. The minimum Gasteiger partial charge on any atom is -0.315 e. The number of rotatable bonds is 3. The van der Waals surface area contributed by atoms with Crippen molar-refractivity contribution in [3.05, 3.63) is 28.8 Å². The summed E-state index contributed by atoms with van der Waals surface area (Å²) in [6, 6.07) is 5.32. The van der Waals surface area contributed by atoms with Crippen LogP contribution in [0.5, 0.6) is 0 Å². The summed E-state index contributed by atoms with van der Waals surface area (Å²) in [4.78, 5) is 18.2. The number of nitrogens with zero attached hydrogens (tertiary/aromatic N) is 2. The van der Waals surface area contributed by atoms with Gasteiger partial charge in [0, 0.05) is 22.4 Å². The number of amidine groups is 1. The third kappa shape index (κ3) is 3.34. The molecule has 0 N–H and O–H groups in total. The molecule has 0 aliphatic carbocycles. The predicted octanol–water partition coefficient (Wildman–Crippen LogP) is 3.05. The molecule has 2 fully saturated rings. The van der Waals surface area contributed by atoms with Gasteiger partial charge in [0.05, 0.1) is 17.5 Å². The number of halogens is 1. The standard InChI is InChI=1S/C16H19ClN2O3S2/c1-3-5-15(20)18-16-19(12-7-4-6-11(17)10(12)2)13-8-24(21,22)9-14(13)23-16/h4,6-7,13-14H,3,5,8-9H2,1-2H3. The van der Waals surface area contributed by atoms with Gasteiger partial charge < -0.3 is 4.90 Å². The molecule has 1 aromatic rings. The molecule has 0 saturated carbocycles. The molecule has 2 heterocycles. The Kier molecular flexibility index (Phi) is 4.95. The van der Waals surface area contributed by atoms with Crippen LogP contribution in [-0.4, -0.2) is 42.3 Å². The Labute approximate surface area is 151 Å². The summed E-state index contributed by atoms with van der Waals surface area (Å²) in [5.41, 5.74) is 1.68. The number of sulfone groups is 1. The highest BCUT2D eigenvalue weighted by Gasteiger charge is 2.49. The molecule has 2 atom stereocenters. The maximum atomic E-state index is 12.0. The van der Waals surface area contributed by atoms with Crippen LogP contribution in [0.1, 0.15) is 25.3 Å². The molecular weight excluding hydrogens is 368 g/mol. The van der Waals surface area contributed by atoms with Crippen molar-refractivity contribution in [2.75, 3.05) is 16.4 Å². The predicted molar refractivity (Wildman–Crippen MR) is 99.8 cm³/mol. The summed E-state index contributed by atoms with van der Waals surface area (Å²) >= 11 is 7.62. The molecule has 3 rings (SSSR count). The first kappa shape index (κ1) is 17.8. The van der Waals surface area contributed by atoms with E-state index in [0.717, 1.165) is 17.7 Å². The summed E-state index contributed by atoms with van der Waals surface area (Å²) < 4.78 is 24.1. The average molecular weight is 387 g/mol. The largest absolute Gasteiger partial charge is 0.315 e. The topological polar surface area (TPSA) is 66.8 Å². The molecular formula is C16H19ClN2O3S2. The summed E-state index contributed by atoms with van der Waals surface area (Å²) in [6.07, 6.45) is 1.12. The third-order valence-electron chi connectivity index (χ3n) is 4.25. The molecule has 1 aromatic carbocycles. The molecule has 5 nitrogen and oxygen atoms in total. The Bertz CT molecular complexity index is 808. The van der Waals surface area contributed by atoms with Crippen LogP contribution in [0.25, 0.3) is 0 Å². The van der Waals surface area contributed by atoms with Gasteiger partial charge in [-0.15, -0.1) is 0 Å². The van der Waals surface area contributed by atoms with Crippen molar-refractivity contribution in [3.8, 4) is 0 Å². The van der Waals surface area contributed by atoms with Gasteiger partial charge in [0.1, 0.15) is 0 Å². The van der Waals surface area contributed by atoms with E-state index in [1.54, 1.807) is 6.07 Å². The molecule has 2 saturated heterocycles. The minimum absolute atomic E-state index is 0.0810. The van der Waals surface area contributed by atoms with E-state index in [2.05, 4.69) is 4.99 Å². The van der Waals surface area contributed by atoms with Crippen molar-refractivity contribution in [3.63, 3.8) is 0 Å². The molecule has 2 unspecified atom stereocenters. The number of carbonyl (C=O) groups excluding carboxylic acids is 1. The fourth-order valence-corrected chi connectivity index (χ4v) is 7.17. The molecule has 1 amide bonds. The minimum atomic E-state index is -3.07. The highest BCUT2D eigenvalue weighted by molar-refractivity contribution is 8.16. The summed E-state index contributed by atoms with van der Waals surface area (Å²) in [5, 5.41) is 1.10. The zero-order valence-corrected chi connectivity index (χ0v) is 15.9. The van der Waals surface area contributed by atoms with Gasteiger partial charge in [-0.2, -0.15) is 4.99 Å². The van der Waals surface area contributed by atoms with Crippen LogP contribution in [0, 0.1) is 6.92 Å². The van der Waals surface area contributed by atoms with Gasteiger partial charge in [0.25, 0.3) is 0 Å². The fraction of sp³-hybridized carbons (Fsp3) is 0.500. The number of hydrogen-bond acceptors (Lipinski definition) is 4. The van der Waals surface area contributed by atoms with Gasteiger partial charge in [-0.25, -0.2) is 8.42 Å². The van der Waals surface area contributed by atoms with E-state index in [1.165, 1.54) is 11.8 Å². The first-order valence-corrected chi connectivity index (χ1v) is 10.9. The first-order chi connectivity index (χ1) is 11.3. The molecule has 0 aromatic heterocycles. The van der Waals surface area contributed by atoms with Crippen LogP contribution in [-0.2, 0) is 14.6 Å². The number of fused-ring (bicyclic) bond motifs is 1. The Balaban J connectivity index is 2.05. The SMILES string of the molecule is CCCC(=O)N=C1SC2CS(=O)(=O)CC2N1c1cccc(Cl)c1C. The Morgan fingerprint density at radius 2 is 2.17 bits per heavy atom. The monoisotopic (exact) mass is 386 g/mol. The van der Waals surface area contributed by atoms with E-state index in [1.807, 2.05) is 30.9 Å². The normalized spacial score (nSPS) is 26.8. The van der Waals surface area contributed by atoms with Gasteiger partial charge in [-0.3, -0.25) is 4.79 Å². The Morgan fingerprint density at radius 3 is 2.88 bits per heavy atom. The van der Waals surface area contributed by atoms with Gasteiger partial charge in [-0.05, 0) is 31.0 Å². The lowest BCUT2D eigenvalue weighted by Gasteiger charge is -2.26. The summed E-state index contributed by atoms with van der Waals surface area (Å²) in [7, 11) is -3.07. The lowest BCUT2D eigenvalue weighted by Crippen LogP contribution is -2.38. The molecule has 2 aliphatic heterocycles. The second-order valence-corrected chi connectivity index (χ2v) is 9.86. The smallest absolute Gasteiger partial charge is 0.248 e. The number of aliphatic imine (C=N–C) groups is 1. The molecule has 0 radical (unpaired) electrons. The van der Waals surface area contributed by atoms with Crippen molar-refractivity contribution >= 4 is 50.0 Å². The van der Waals surface area contributed by atoms with Crippen LogP contribution in [0.4, 0.5) is 5.69 Å². The highest BCUT2D eigenvalue weighted by atomic mass is 35.5. The zero-order chi connectivity index (χ0) is 17.5. The lowest BCUT2D eigenvalue weighted by molar-refractivity contribution is -0.117. The molecule has 0 bridgehead atoms. The number of benzene rings is 1. The van der Waals surface area contributed by atoms with Crippen LogP contribution >= 0.6 is 23.4 Å². The van der Waals surface area contributed by atoms with Crippen molar-refractivity contribution in [2.24, 2.45) is 4.99 Å². The first-order valence-electron chi connectivity index (χ1n) is 7.85. The second kappa shape index (κ2) is 6.69. The molecule has 0 spiro atoms. The van der Waals surface area contributed by atoms with Crippen molar-refractivity contribution in [2.45, 2.75) is 38.0 Å². The average Bonchev–Trinajstić information content (AvgIpc) is 2.94. The molecule has 24 heavy (non-hydrogen) atoms. The van der Waals surface area contributed by atoms with E-state index in [9.17, 15) is 13.2 Å². The number of thioether (sulfide) groups is 1. The summed E-state index contributed by atoms with van der Waals surface area (Å²) in [5.74, 6) is 0.0318. The van der Waals surface area contributed by atoms with Crippen LogP contribution in [0.15, 0.2) is 23.2 Å². The Hall–Kier alpha value is -1.05. The van der Waals surface area contributed by atoms with Crippen LogP contribution in [0.3, 0.4) is 0 Å². The van der Waals surface area contributed by atoms with Gasteiger partial charge in [0.2, 0.25) is 5.91 Å². The molecule has 2 aliphatic rings. The second-order valence-electron chi connectivity index (χ2n) is 6.09. The maximum Gasteiger partial charge on any atom is 0.248 e. The van der Waals surface area contributed by atoms with E-state index in [-0.39, 0.29) is 28.7 Å². The van der Waals surface area contributed by atoms with E-state index in [0.29, 0.717) is 16.6 Å². The van der Waals surface area contributed by atoms with Crippen molar-refractivity contribution in [1.82, 2.24) is 0 Å². The lowest BCUT2D eigenvalue weighted by atomic mass is 10.1. The quantitative estimate of drug-likeness (QED) is 0.798. The van der Waals surface area contributed by atoms with E-state index < -0.39 is 9.84 Å². The number of anilines is 1.